The number of rotatable bonds is 4. The highest BCUT2D eigenvalue weighted by molar-refractivity contribution is 5.68. The van der Waals surface area contributed by atoms with Crippen molar-refractivity contribution >= 4 is 11.9 Å². The maximum atomic E-state index is 12.1. The summed E-state index contributed by atoms with van der Waals surface area (Å²) in [4.78, 5) is 20.5. The number of carbonyl (C=O) groups excluding carboxylic acids is 1. The Bertz CT molecular complexity index is 592. The molecule has 2 N–H and O–H groups in total. The molecule has 1 aliphatic rings. The zero-order valence-corrected chi connectivity index (χ0v) is 15.5. The quantitative estimate of drug-likeness (QED) is 0.851. The average molecular weight is 351 g/mol. The molecule has 2 rings (SSSR count). The Labute approximate surface area is 149 Å². The Hall–Kier alpha value is -1.86. The lowest BCUT2D eigenvalue weighted by Gasteiger charge is -2.36. The lowest BCUT2D eigenvalue weighted by molar-refractivity contribution is 0.0240. The van der Waals surface area contributed by atoms with E-state index in [0.717, 1.165) is 16.9 Å². The van der Waals surface area contributed by atoms with Gasteiger partial charge in [-0.25, -0.2) is 9.78 Å². The number of piperazine rings is 1. The molecule has 0 radical (unpaired) electrons. The third-order valence-electron chi connectivity index (χ3n) is 4.02. The molecule has 1 atom stereocenters. The molecular formula is C18H29N3O4. The average Bonchev–Trinajstić information content (AvgIpc) is 2.53. The number of ether oxygens (including phenoxy) is 1. The number of aliphatic hydroxyl groups excluding tert-OH is 2. The van der Waals surface area contributed by atoms with Crippen molar-refractivity contribution in [2.24, 2.45) is 0 Å². The summed E-state index contributed by atoms with van der Waals surface area (Å²) in [6, 6.07) is 1.99. The Balaban J connectivity index is 1.95. The van der Waals surface area contributed by atoms with Gasteiger partial charge < -0.3 is 24.7 Å². The molecule has 1 unspecified atom stereocenters. The summed E-state index contributed by atoms with van der Waals surface area (Å²) in [6.45, 7) is 9.92. The van der Waals surface area contributed by atoms with Crippen LogP contribution in [0.5, 0.6) is 0 Å². The van der Waals surface area contributed by atoms with Crippen LogP contribution in [-0.4, -0.2) is 70.7 Å². The van der Waals surface area contributed by atoms with E-state index in [4.69, 9.17) is 9.84 Å². The molecule has 0 saturated carbocycles. The van der Waals surface area contributed by atoms with Crippen molar-refractivity contribution in [3.8, 4) is 0 Å². The first-order chi connectivity index (χ1) is 11.7. The summed E-state index contributed by atoms with van der Waals surface area (Å²) < 4.78 is 5.41. The molecule has 25 heavy (non-hydrogen) atoms. The second-order valence-corrected chi connectivity index (χ2v) is 7.48. The SMILES string of the molecule is Cc1cc(CC(O)CO)cnc1N1CCN(C(=O)OC(C)(C)C)CC1. The van der Waals surface area contributed by atoms with E-state index in [0.29, 0.717) is 32.6 Å². The van der Waals surface area contributed by atoms with Crippen LogP contribution in [-0.2, 0) is 11.2 Å². The third kappa shape index (κ3) is 5.57. The number of amides is 1. The van der Waals surface area contributed by atoms with Gasteiger partial charge in [0.05, 0.1) is 12.7 Å². The molecule has 7 heteroatoms. The summed E-state index contributed by atoms with van der Waals surface area (Å²) in [6.07, 6.45) is 1.09. The number of aliphatic hydroxyl groups is 2. The lowest BCUT2D eigenvalue weighted by atomic mass is 10.1. The van der Waals surface area contributed by atoms with Gasteiger partial charge in [-0.2, -0.15) is 0 Å². The van der Waals surface area contributed by atoms with Crippen molar-refractivity contribution in [3.05, 3.63) is 23.4 Å². The van der Waals surface area contributed by atoms with E-state index in [1.807, 2.05) is 33.8 Å². The van der Waals surface area contributed by atoms with E-state index in [-0.39, 0.29) is 12.7 Å². The van der Waals surface area contributed by atoms with Gasteiger partial charge in [-0.05, 0) is 38.8 Å². The molecule has 1 aromatic heterocycles. The molecule has 0 aliphatic carbocycles. The van der Waals surface area contributed by atoms with Crippen LogP contribution >= 0.6 is 0 Å². The summed E-state index contributed by atoms with van der Waals surface area (Å²) in [5, 5.41) is 18.5. The van der Waals surface area contributed by atoms with E-state index in [2.05, 4.69) is 9.88 Å². The van der Waals surface area contributed by atoms with Crippen molar-refractivity contribution < 1.29 is 19.7 Å². The Morgan fingerprint density at radius 1 is 1.32 bits per heavy atom. The number of aryl methyl sites for hydroxylation is 1. The number of hydrogen-bond acceptors (Lipinski definition) is 6. The van der Waals surface area contributed by atoms with Crippen molar-refractivity contribution in [2.75, 3.05) is 37.7 Å². The van der Waals surface area contributed by atoms with E-state index in [9.17, 15) is 9.90 Å². The lowest BCUT2D eigenvalue weighted by Crippen LogP contribution is -2.50. The molecule has 7 nitrogen and oxygen atoms in total. The molecule has 0 bridgehead atoms. The molecule has 1 aromatic rings. The van der Waals surface area contributed by atoms with Crippen molar-refractivity contribution in [3.63, 3.8) is 0 Å². The van der Waals surface area contributed by atoms with E-state index in [1.54, 1.807) is 11.1 Å². The van der Waals surface area contributed by atoms with Crippen LogP contribution < -0.4 is 4.90 Å². The number of hydrogen-bond donors (Lipinski definition) is 2. The molecule has 140 valence electrons. The minimum atomic E-state index is -0.760. The van der Waals surface area contributed by atoms with Crippen LogP contribution in [0.4, 0.5) is 10.6 Å². The maximum Gasteiger partial charge on any atom is 0.410 e. The van der Waals surface area contributed by atoms with Gasteiger partial charge >= 0.3 is 6.09 Å². The first-order valence-electron chi connectivity index (χ1n) is 8.67. The van der Waals surface area contributed by atoms with E-state index >= 15 is 0 Å². The van der Waals surface area contributed by atoms with Gasteiger partial charge in [0.25, 0.3) is 0 Å². The molecule has 0 aromatic carbocycles. The largest absolute Gasteiger partial charge is 0.444 e. The van der Waals surface area contributed by atoms with Crippen molar-refractivity contribution in [1.82, 2.24) is 9.88 Å². The summed E-state index contributed by atoms with van der Waals surface area (Å²) in [5.74, 6) is 0.895. The Kier molecular flexibility index (Phi) is 6.24. The smallest absolute Gasteiger partial charge is 0.410 e. The molecular weight excluding hydrogens is 322 g/mol. The monoisotopic (exact) mass is 351 g/mol. The van der Waals surface area contributed by atoms with Crippen LogP contribution in [0.3, 0.4) is 0 Å². The highest BCUT2D eigenvalue weighted by Crippen LogP contribution is 2.21. The third-order valence-corrected chi connectivity index (χ3v) is 4.02. The number of nitrogens with zero attached hydrogens (tertiary/aromatic N) is 3. The highest BCUT2D eigenvalue weighted by Gasteiger charge is 2.26. The Morgan fingerprint density at radius 2 is 1.96 bits per heavy atom. The number of pyridine rings is 1. The van der Waals surface area contributed by atoms with Crippen LogP contribution in [0.2, 0.25) is 0 Å². The normalized spacial score (nSPS) is 16.7. The van der Waals surface area contributed by atoms with Gasteiger partial charge in [0.2, 0.25) is 0 Å². The molecule has 1 amide bonds. The number of aromatic nitrogens is 1. The summed E-state index contributed by atoms with van der Waals surface area (Å²) >= 11 is 0. The molecule has 2 heterocycles. The molecule has 1 fully saturated rings. The fraction of sp³-hybridized carbons (Fsp3) is 0.667. The first-order valence-corrected chi connectivity index (χ1v) is 8.67. The predicted octanol–water partition coefficient (Wildman–Crippen LogP) is 1.34. The fourth-order valence-corrected chi connectivity index (χ4v) is 2.83. The van der Waals surface area contributed by atoms with Gasteiger partial charge in [0.1, 0.15) is 11.4 Å². The molecule has 0 spiro atoms. The zero-order valence-electron chi connectivity index (χ0n) is 15.5. The second-order valence-electron chi connectivity index (χ2n) is 7.48. The number of carbonyl (C=O) groups is 1. The van der Waals surface area contributed by atoms with Crippen molar-refractivity contribution in [1.29, 1.82) is 0 Å². The standard InChI is InChI=1S/C18H29N3O4/c1-13-9-14(10-15(23)12-22)11-19-16(13)20-5-7-21(8-6-20)17(24)25-18(2,3)4/h9,11,15,22-23H,5-8,10,12H2,1-4H3. The van der Waals surface area contributed by atoms with Gasteiger partial charge in [-0.1, -0.05) is 6.07 Å². The van der Waals surface area contributed by atoms with E-state index in [1.165, 1.54) is 0 Å². The number of anilines is 1. The summed E-state index contributed by atoms with van der Waals surface area (Å²) in [7, 11) is 0. The first kappa shape index (κ1) is 19.5. The predicted molar refractivity (Wildman–Crippen MR) is 95.8 cm³/mol. The van der Waals surface area contributed by atoms with E-state index < -0.39 is 11.7 Å². The van der Waals surface area contributed by atoms with Crippen molar-refractivity contribution in [2.45, 2.75) is 45.8 Å². The molecule has 1 saturated heterocycles. The van der Waals surface area contributed by atoms with Crippen LogP contribution in [0, 0.1) is 6.92 Å². The van der Waals surface area contributed by atoms with Gasteiger partial charge in [0, 0.05) is 38.8 Å². The van der Waals surface area contributed by atoms with Gasteiger partial charge in [-0.3, -0.25) is 0 Å². The highest BCUT2D eigenvalue weighted by atomic mass is 16.6. The fourth-order valence-electron chi connectivity index (χ4n) is 2.83. The van der Waals surface area contributed by atoms with Crippen LogP contribution in [0.1, 0.15) is 31.9 Å². The summed E-state index contributed by atoms with van der Waals surface area (Å²) in [5.41, 5.74) is 1.44. The topological polar surface area (TPSA) is 86.1 Å². The minimum absolute atomic E-state index is 0.257. The maximum absolute atomic E-state index is 12.1. The minimum Gasteiger partial charge on any atom is -0.444 e. The van der Waals surface area contributed by atoms with Gasteiger partial charge in [-0.15, -0.1) is 0 Å². The van der Waals surface area contributed by atoms with Crippen LogP contribution in [0.25, 0.3) is 0 Å². The van der Waals surface area contributed by atoms with Gasteiger partial charge in [0.15, 0.2) is 0 Å². The molecule has 1 aliphatic heterocycles. The van der Waals surface area contributed by atoms with Crippen LogP contribution in [0.15, 0.2) is 12.3 Å². The Morgan fingerprint density at radius 3 is 2.48 bits per heavy atom. The zero-order chi connectivity index (χ0) is 18.6. The second kappa shape index (κ2) is 8.01.